The van der Waals surface area contributed by atoms with Crippen LogP contribution in [0.15, 0.2) is 24.3 Å². The van der Waals surface area contributed by atoms with Crippen LogP contribution < -0.4 is 5.32 Å². The molecule has 1 aromatic carbocycles. The lowest BCUT2D eigenvalue weighted by Gasteiger charge is -2.20. The Labute approximate surface area is 79.1 Å². The van der Waals surface area contributed by atoms with Gasteiger partial charge in [-0.3, -0.25) is 4.79 Å². The second kappa shape index (κ2) is 2.90. The molecule has 0 saturated carbocycles. The first kappa shape index (κ1) is 7.80. The van der Waals surface area contributed by atoms with Crippen molar-refractivity contribution in [2.24, 2.45) is 0 Å². The van der Waals surface area contributed by atoms with Crippen molar-refractivity contribution in [3.05, 3.63) is 29.8 Å². The van der Waals surface area contributed by atoms with Gasteiger partial charge in [-0.25, -0.2) is 0 Å². The molecule has 1 amide bonds. The maximum atomic E-state index is 11.2. The fourth-order valence-corrected chi connectivity index (χ4v) is 1.78. The highest BCUT2D eigenvalue weighted by Crippen LogP contribution is 2.24. The van der Waals surface area contributed by atoms with E-state index >= 15 is 0 Å². The highest BCUT2D eigenvalue weighted by atomic mass is 79.9. The lowest BCUT2D eigenvalue weighted by Crippen LogP contribution is -2.29. The smallest absolute Gasteiger partial charge is 0.238 e. The van der Waals surface area contributed by atoms with E-state index in [2.05, 4.69) is 21.2 Å². The lowest BCUT2D eigenvalue weighted by molar-refractivity contribution is -0.115. The molecule has 1 heterocycles. The number of fused-ring (bicyclic) bond motifs is 1. The van der Waals surface area contributed by atoms with E-state index in [1.54, 1.807) is 0 Å². The van der Waals surface area contributed by atoms with Crippen molar-refractivity contribution in [2.45, 2.75) is 11.2 Å². The minimum absolute atomic E-state index is 0.0497. The summed E-state index contributed by atoms with van der Waals surface area (Å²) in [5.41, 5.74) is 2.14. The minimum Gasteiger partial charge on any atom is -0.325 e. The van der Waals surface area contributed by atoms with Crippen LogP contribution in [0.1, 0.15) is 5.56 Å². The molecular formula is C9H8BrNO. The standard InChI is InChI=1S/C9H8BrNO/c10-7-5-6-3-1-2-4-8(6)11-9(7)12/h1-4,7H,5H2,(H,11,12). The number of rotatable bonds is 0. The Morgan fingerprint density at radius 2 is 2.17 bits per heavy atom. The number of benzene rings is 1. The molecule has 0 spiro atoms. The first-order valence-corrected chi connectivity index (χ1v) is 4.72. The van der Waals surface area contributed by atoms with Crippen LogP contribution in [0.5, 0.6) is 0 Å². The second-order valence-corrected chi connectivity index (χ2v) is 3.92. The fourth-order valence-electron chi connectivity index (χ4n) is 1.32. The van der Waals surface area contributed by atoms with E-state index in [-0.39, 0.29) is 10.7 Å². The Hall–Kier alpha value is -0.830. The van der Waals surface area contributed by atoms with Gasteiger partial charge < -0.3 is 5.32 Å². The van der Waals surface area contributed by atoms with Crippen LogP contribution in [0.25, 0.3) is 0 Å². The summed E-state index contributed by atoms with van der Waals surface area (Å²) in [5.74, 6) is 0.0497. The van der Waals surface area contributed by atoms with Gasteiger partial charge in [-0.15, -0.1) is 0 Å². The zero-order valence-electron chi connectivity index (χ0n) is 6.38. The van der Waals surface area contributed by atoms with Crippen LogP contribution in [-0.2, 0) is 11.2 Å². The highest BCUT2D eigenvalue weighted by molar-refractivity contribution is 9.10. The van der Waals surface area contributed by atoms with E-state index in [1.807, 2.05) is 24.3 Å². The maximum absolute atomic E-state index is 11.2. The van der Waals surface area contributed by atoms with Crippen LogP contribution in [0.3, 0.4) is 0 Å². The van der Waals surface area contributed by atoms with Gasteiger partial charge in [0.15, 0.2) is 0 Å². The molecule has 0 saturated heterocycles. The Bertz CT molecular complexity index is 324. The molecule has 2 rings (SSSR count). The van der Waals surface area contributed by atoms with Crippen LogP contribution in [-0.4, -0.2) is 10.7 Å². The third-order valence-electron chi connectivity index (χ3n) is 1.96. The van der Waals surface area contributed by atoms with E-state index in [0.717, 1.165) is 12.1 Å². The summed E-state index contributed by atoms with van der Waals surface area (Å²) in [6, 6.07) is 7.86. The van der Waals surface area contributed by atoms with Gasteiger partial charge in [-0.05, 0) is 18.1 Å². The average molecular weight is 226 g/mol. The van der Waals surface area contributed by atoms with Crippen molar-refractivity contribution < 1.29 is 4.79 Å². The zero-order valence-corrected chi connectivity index (χ0v) is 7.97. The summed E-state index contributed by atoms with van der Waals surface area (Å²) in [4.78, 5) is 11.1. The lowest BCUT2D eigenvalue weighted by atomic mass is 10.0. The van der Waals surface area contributed by atoms with E-state index in [4.69, 9.17) is 0 Å². The number of carbonyl (C=O) groups is 1. The van der Waals surface area contributed by atoms with Gasteiger partial charge in [0, 0.05) is 5.69 Å². The van der Waals surface area contributed by atoms with E-state index in [0.29, 0.717) is 0 Å². The summed E-state index contributed by atoms with van der Waals surface area (Å²) < 4.78 is 0. The summed E-state index contributed by atoms with van der Waals surface area (Å²) in [6.45, 7) is 0. The van der Waals surface area contributed by atoms with E-state index in [9.17, 15) is 4.79 Å². The molecule has 1 unspecified atom stereocenters. The van der Waals surface area contributed by atoms with Crippen LogP contribution >= 0.6 is 15.9 Å². The fraction of sp³-hybridized carbons (Fsp3) is 0.222. The molecular weight excluding hydrogens is 218 g/mol. The predicted octanol–water partition coefficient (Wildman–Crippen LogP) is 1.94. The molecule has 12 heavy (non-hydrogen) atoms. The summed E-state index contributed by atoms with van der Waals surface area (Å²) in [7, 11) is 0. The van der Waals surface area contributed by atoms with Crippen molar-refractivity contribution >= 4 is 27.5 Å². The van der Waals surface area contributed by atoms with Gasteiger partial charge in [-0.1, -0.05) is 34.1 Å². The van der Waals surface area contributed by atoms with Crippen molar-refractivity contribution in [2.75, 3.05) is 5.32 Å². The van der Waals surface area contributed by atoms with Gasteiger partial charge in [0.05, 0.1) is 4.83 Å². The Balaban J connectivity index is 2.40. The monoisotopic (exact) mass is 225 g/mol. The van der Waals surface area contributed by atoms with Crippen molar-refractivity contribution in [3.8, 4) is 0 Å². The predicted molar refractivity (Wildman–Crippen MR) is 51.5 cm³/mol. The molecule has 2 nitrogen and oxygen atoms in total. The SMILES string of the molecule is O=C1Nc2ccccc2CC1Br. The largest absolute Gasteiger partial charge is 0.325 e. The normalized spacial score (nSPS) is 21.4. The van der Waals surface area contributed by atoms with Crippen LogP contribution in [0, 0.1) is 0 Å². The molecule has 1 atom stereocenters. The zero-order chi connectivity index (χ0) is 8.55. The maximum Gasteiger partial charge on any atom is 0.238 e. The Kier molecular flexibility index (Phi) is 1.89. The number of alkyl halides is 1. The van der Waals surface area contributed by atoms with Crippen molar-refractivity contribution in [1.29, 1.82) is 0 Å². The number of amides is 1. The number of halogens is 1. The molecule has 1 N–H and O–H groups in total. The van der Waals surface area contributed by atoms with Crippen molar-refractivity contribution in [3.63, 3.8) is 0 Å². The summed E-state index contributed by atoms with van der Waals surface area (Å²) >= 11 is 3.31. The molecule has 0 aromatic heterocycles. The molecule has 1 aromatic rings. The quantitative estimate of drug-likeness (QED) is 0.673. The third-order valence-corrected chi connectivity index (χ3v) is 2.70. The number of anilines is 1. The molecule has 0 aliphatic carbocycles. The molecule has 0 bridgehead atoms. The molecule has 1 aliphatic rings. The first-order chi connectivity index (χ1) is 5.77. The number of carbonyl (C=O) groups excluding carboxylic acids is 1. The Morgan fingerprint density at radius 3 is 3.00 bits per heavy atom. The second-order valence-electron chi connectivity index (χ2n) is 2.82. The van der Waals surface area contributed by atoms with E-state index < -0.39 is 0 Å². The van der Waals surface area contributed by atoms with Gasteiger partial charge in [-0.2, -0.15) is 0 Å². The molecule has 0 fully saturated rings. The third kappa shape index (κ3) is 1.25. The molecule has 0 radical (unpaired) electrons. The van der Waals surface area contributed by atoms with Crippen molar-refractivity contribution in [1.82, 2.24) is 0 Å². The van der Waals surface area contributed by atoms with E-state index in [1.165, 1.54) is 5.56 Å². The molecule has 62 valence electrons. The Morgan fingerprint density at radius 1 is 1.42 bits per heavy atom. The minimum atomic E-state index is -0.0765. The van der Waals surface area contributed by atoms with Gasteiger partial charge in [0.1, 0.15) is 0 Å². The number of para-hydroxylation sites is 1. The number of hydrogen-bond acceptors (Lipinski definition) is 1. The molecule has 1 aliphatic heterocycles. The van der Waals surface area contributed by atoms with Gasteiger partial charge in [0.25, 0.3) is 0 Å². The highest BCUT2D eigenvalue weighted by Gasteiger charge is 2.22. The number of hydrogen-bond donors (Lipinski definition) is 1. The number of nitrogens with one attached hydrogen (secondary N) is 1. The first-order valence-electron chi connectivity index (χ1n) is 3.80. The molecule has 3 heteroatoms. The van der Waals surface area contributed by atoms with Crippen LogP contribution in [0.2, 0.25) is 0 Å². The average Bonchev–Trinajstić information content (AvgIpc) is 2.07. The van der Waals surface area contributed by atoms with Crippen LogP contribution in [0.4, 0.5) is 5.69 Å². The summed E-state index contributed by atoms with van der Waals surface area (Å²) in [5, 5.41) is 2.82. The summed E-state index contributed by atoms with van der Waals surface area (Å²) in [6.07, 6.45) is 0.780. The van der Waals surface area contributed by atoms with Gasteiger partial charge >= 0.3 is 0 Å². The topological polar surface area (TPSA) is 29.1 Å². The van der Waals surface area contributed by atoms with Gasteiger partial charge in [0.2, 0.25) is 5.91 Å².